The molecule has 0 aliphatic carbocycles. The minimum absolute atomic E-state index is 0.128. The average molecular weight is 533 g/mol. The maximum absolute atomic E-state index is 13.0. The Morgan fingerprint density at radius 3 is 2.54 bits per heavy atom. The molecule has 1 atom stereocenters. The van der Waals surface area contributed by atoms with Crippen LogP contribution >= 0.6 is 11.3 Å². The maximum Gasteiger partial charge on any atom is 0.393 e. The fourth-order valence-electron chi connectivity index (χ4n) is 5.54. The van der Waals surface area contributed by atoms with Crippen LogP contribution in [0, 0.1) is 5.41 Å². The summed E-state index contributed by atoms with van der Waals surface area (Å²) in [6, 6.07) is 10.1. The summed E-state index contributed by atoms with van der Waals surface area (Å²) >= 11 is 1.05. The SMILES string of the molecule is CCC(=O)Cc1ccc(CN2CCC3(CCN(c4nc(OC)nc5sc(CC(F)(F)F)cc45)C3)C2)cc1. The van der Waals surface area contributed by atoms with Crippen molar-refractivity contribution in [3.05, 3.63) is 46.3 Å². The van der Waals surface area contributed by atoms with Gasteiger partial charge < -0.3 is 9.64 Å². The van der Waals surface area contributed by atoms with Crippen molar-refractivity contribution in [2.45, 2.75) is 51.7 Å². The predicted molar refractivity (Wildman–Crippen MR) is 138 cm³/mol. The van der Waals surface area contributed by atoms with Crippen LogP contribution in [0.2, 0.25) is 0 Å². The lowest BCUT2D eigenvalue weighted by molar-refractivity contribution is -0.126. The molecule has 0 N–H and O–H groups in total. The Labute approximate surface area is 218 Å². The van der Waals surface area contributed by atoms with Gasteiger partial charge in [0.05, 0.1) is 18.9 Å². The molecule has 10 heteroatoms. The first-order chi connectivity index (χ1) is 17.6. The summed E-state index contributed by atoms with van der Waals surface area (Å²) in [4.78, 5) is 26.0. The van der Waals surface area contributed by atoms with Crippen molar-refractivity contribution in [1.82, 2.24) is 14.9 Å². The van der Waals surface area contributed by atoms with Gasteiger partial charge in [0.1, 0.15) is 16.4 Å². The Kier molecular flexibility index (Phi) is 7.15. The second-order valence-corrected chi connectivity index (χ2v) is 11.4. The molecule has 1 spiro atoms. The lowest BCUT2D eigenvalue weighted by Crippen LogP contribution is -2.31. The number of halogens is 3. The van der Waals surface area contributed by atoms with Crippen LogP contribution in [0.5, 0.6) is 6.01 Å². The third-order valence-electron chi connectivity index (χ3n) is 7.44. The number of carbonyl (C=O) groups is 1. The number of anilines is 1. The first-order valence-electron chi connectivity index (χ1n) is 12.6. The number of hydrogen-bond acceptors (Lipinski definition) is 7. The Morgan fingerprint density at radius 2 is 1.84 bits per heavy atom. The smallest absolute Gasteiger partial charge is 0.393 e. The second-order valence-electron chi connectivity index (χ2n) is 10.3. The lowest BCUT2D eigenvalue weighted by atomic mass is 9.86. The molecule has 0 bridgehead atoms. The average Bonchev–Trinajstić information content (AvgIpc) is 3.57. The van der Waals surface area contributed by atoms with E-state index >= 15 is 0 Å². The van der Waals surface area contributed by atoms with Crippen LogP contribution in [-0.2, 0) is 24.2 Å². The highest BCUT2D eigenvalue weighted by atomic mass is 32.1. The highest BCUT2D eigenvalue weighted by Gasteiger charge is 2.44. The number of Topliss-reactive ketones (excluding diaryl/α,β-unsaturated/α-hetero) is 1. The molecular formula is C27H31F3N4O2S. The van der Waals surface area contributed by atoms with Crippen LogP contribution in [-0.4, -0.2) is 60.1 Å². The summed E-state index contributed by atoms with van der Waals surface area (Å²) in [5.74, 6) is 0.914. The number of alkyl halides is 3. The van der Waals surface area contributed by atoms with E-state index in [9.17, 15) is 18.0 Å². The zero-order valence-electron chi connectivity index (χ0n) is 21.1. The van der Waals surface area contributed by atoms with E-state index in [1.54, 1.807) is 6.07 Å². The summed E-state index contributed by atoms with van der Waals surface area (Å²) in [5.41, 5.74) is 2.42. The predicted octanol–water partition coefficient (Wildman–Crippen LogP) is 5.43. The van der Waals surface area contributed by atoms with Crippen molar-refractivity contribution >= 4 is 33.2 Å². The third-order valence-corrected chi connectivity index (χ3v) is 8.47. The van der Waals surface area contributed by atoms with E-state index in [1.165, 1.54) is 12.7 Å². The van der Waals surface area contributed by atoms with Gasteiger partial charge in [0.25, 0.3) is 0 Å². The van der Waals surface area contributed by atoms with Crippen molar-refractivity contribution in [1.29, 1.82) is 0 Å². The van der Waals surface area contributed by atoms with Gasteiger partial charge in [-0.1, -0.05) is 31.2 Å². The van der Waals surface area contributed by atoms with E-state index in [0.717, 1.165) is 62.5 Å². The second kappa shape index (κ2) is 10.2. The molecule has 198 valence electrons. The van der Waals surface area contributed by atoms with E-state index in [2.05, 4.69) is 31.9 Å². The highest BCUT2D eigenvalue weighted by Crippen LogP contribution is 2.44. The highest BCUT2D eigenvalue weighted by molar-refractivity contribution is 7.18. The van der Waals surface area contributed by atoms with Crippen molar-refractivity contribution in [3.8, 4) is 6.01 Å². The van der Waals surface area contributed by atoms with Crippen LogP contribution in [0.15, 0.2) is 30.3 Å². The molecule has 2 aromatic heterocycles. The number of methoxy groups -OCH3 is 1. The minimum atomic E-state index is -4.27. The Bertz CT molecular complexity index is 1280. The zero-order chi connectivity index (χ0) is 26.2. The van der Waals surface area contributed by atoms with Gasteiger partial charge in [0, 0.05) is 49.3 Å². The van der Waals surface area contributed by atoms with E-state index in [1.807, 2.05) is 19.1 Å². The third kappa shape index (κ3) is 5.90. The molecular weight excluding hydrogens is 501 g/mol. The van der Waals surface area contributed by atoms with Gasteiger partial charge in [-0.05, 0) is 36.6 Å². The fraction of sp³-hybridized carbons (Fsp3) is 0.519. The van der Waals surface area contributed by atoms with E-state index < -0.39 is 12.6 Å². The number of likely N-dealkylation sites (tertiary alicyclic amines) is 1. The molecule has 6 nitrogen and oxygen atoms in total. The number of hydrogen-bond donors (Lipinski definition) is 0. The Morgan fingerprint density at radius 1 is 1.11 bits per heavy atom. The van der Waals surface area contributed by atoms with Gasteiger partial charge in [-0.2, -0.15) is 23.1 Å². The van der Waals surface area contributed by atoms with E-state index in [4.69, 9.17) is 4.74 Å². The van der Waals surface area contributed by atoms with Crippen molar-refractivity contribution in [3.63, 3.8) is 0 Å². The number of ether oxygens (including phenoxy) is 1. The molecule has 5 rings (SSSR count). The van der Waals surface area contributed by atoms with Crippen molar-refractivity contribution < 1.29 is 22.7 Å². The number of nitrogens with zero attached hydrogens (tertiary/aromatic N) is 4. The molecule has 37 heavy (non-hydrogen) atoms. The number of benzene rings is 1. The molecule has 2 fully saturated rings. The van der Waals surface area contributed by atoms with Gasteiger partial charge in [0.15, 0.2) is 0 Å². The standard InChI is InChI=1S/C27H31F3N4O2S/c1-3-20(35)12-18-4-6-19(7-5-18)15-33-10-8-26(16-33)9-11-34(17-26)23-22-13-21(14-27(28,29)30)37-24(22)32-25(31-23)36-2/h4-7,13H,3,8-12,14-17H2,1-2H3. The first kappa shape index (κ1) is 25.9. The number of rotatable bonds is 8. The lowest BCUT2D eigenvalue weighted by Gasteiger charge is -2.25. The number of aromatic nitrogens is 2. The van der Waals surface area contributed by atoms with E-state index in [-0.39, 0.29) is 22.1 Å². The number of thiophene rings is 1. The van der Waals surface area contributed by atoms with Gasteiger partial charge in [-0.25, -0.2) is 0 Å². The molecule has 2 saturated heterocycles. The fourth-order valence-corrected chi connectivity index (χ4v) is 6.58. The monoisotopic (exact) mass is 532 g/mol. The molecule has 4 heterocycles. The molecule has 1 aromatic carbocycles. The molecule has 1 unspecified atom stereocenters. The Balaban J connectivity index is 1.28. The number of fused-ring (bicyclic) bond motifs is 1. The van der Waals surface area contributed by atoms with Gasteiger partial charge >= 0.3 is 12.2 Å². The van der Waals surface area contributed by atoms with Gasteiger partial charge in [-0.15, -0.1) is 11.3 Å². The number of ketones is 1. The van der Waals surface area contributed by atoms with Crippen molar-refractivity contribution in [2.24, 2.45) is 5.41 Å². The first-order valence-corrected chi connectivity index (χ1v) is 13.4. The summed E-state index contributed by atoms with van der Waals surface area (Å²) in [6.45, 7) is 6.32. The van der Waals surface area contributed by atoms with Crippen molar-refractivity contribution in [2.75, 3.05) is 38.2 Å². The Hall–Kier alpha value is -2.72. The van der Waals surface area contributed by atoms with Crippen LogP contribution < -0.4 is 9.64 Å². The quantitative estimate of drug-likeness (QED) is 0.386. The normalized spacial score (nSPS) is 20.4. The van der Waals surface area contributed by atoms with Gasteiger partial charge in [-0.3, -0.25) is 9.69 Å². The van der Waals surface area contributed by atoms with Crippen LogP contribution in [0.25, 0.3) is 10.2 Å². The minimum Gasteiger partial charge on any atom is -0.467 e. The van der Waals surface area contributed by atoms with E-state index in [0.29, 0.717) is 28.9 Å². The molecule has 0 amide bonds. The largest absolute Gasteiger partial charge is 0.467 e. The summed E-state index contributed by atoms with van der Waals surface area (Å²) in [6.07, 6.45) is -2.11. The molecule has 2 aliphatic heterocycles. The number of carbonyl (C=O) groups excluding carboxylic acids is 1. The van der Waals surface area contributed by atoms with Crippen LogP contribution in [0.1, 0.15) is 42.2 Å². The van der Waals surface area contributed by atoms with Gasteiger partial charge in [0.2, 0.25) is 0 Å². The summed E-state index contributed by atoms with van der Waals surface area (Å²) in [5, 5.41) is 0.665. The summed E-state index contributed by atoms with van der Waals surface area (Å²) in [7, 11) is 1.48. The molecule has 0 saturated carbocycles. The summed E-state index contributed by atoms with van der Waals surface area (Å²) < 4.78 is 44.3. The molecule has 3 aromatic rings. The molecule has 0 radical (unpaired) electrons. The maximum atomic E-state index is 13.0. The molecule has 2 aliphatic rings. The zero-order valence-corrected chi connectivity index (χ0v) is 21.9. The van der Waals surface area contributed by atoms with Crippen LogP contribution in [0.4, 0.5) is 19.0 Å². The topological polar surface area (TPSA) is 58.6 Å². The van der Waals surface area contributed by atoms with Crippen LogP contribution in [0.3, 0.4) is 0 Å².